The summed E-state index contributed by atoms with van der Waals surface area (Å²) in [7, 11) is 1.50. The number of pyridine rings is 1. The largest absolute Gasteiger partial charge is 0.355 e. The van der Waals surface area contributed by atoms with Crippen molar-refractivity contribution in [3.63, 3.8) is 0 Å². The maximum atomic E-state index is 13.6. The lowest BCUT2D eigenvalue weighted by Gasteiger charge is -2.49. The highest BCUT2D eigenvalue weighted by atomic mass is 35.5. The lowest BCUT2D eigenvalue weighted by Crippen LogP contribution is -2.66. The Labute approximate surface area is 180 Å². The lowest BCUT2D eigenvalue weighted by atomic mass is 9.69. The fraction of sp³-hybridized carbons (Fsp3) is 0.364. The second kappa shape index (κ2) is 8.44. The molecule has 158 valence electrons. The van der Waals surface area contributed by atoms with Crippen LogP contribution in [0.25, 0.3) is 0 Å². The van der Waals surface area contributed by atoms with Crippen LogP contribution in [-0.4, -0.2) is 47.7 Å². The third kappa shape index (κ3) is 3.89. The van der Waals surface area contributed by atoms with Crippen LogP contribution in [0.2, 0.25) is 5.15 Å². The first-order chi connectivity index (χ1) is 14.2. The molecule has 0 unspecified atom stereocenters. The van der Waals surface area contributed by atoms with Crippen molar-refractivity contribution in [1.29, 1.82) is 0 Å². The van der Waals surface area contributed by atoms with E-state index < -0.39 is 5.41 Å². The van der Waals surface area contributed by atoms with Gasteiger partial charge in [0, 0.05) is 27.1 Å². The van der Waals surface area contributed by atoms with Gasteiger partial charge in [0.25, 0.3) is 5.91 Å². The zero-order chi connectivity index (χ0) is 22.1. The predicted octanol–water partition coefficient (Wildman–Crippen LogP) is 2.96. The van der Waals surface area contributed by atoms with Gasteiger partial charge in [-0.15, -0.1) is 0 Å². The average molecular weight is 429 g/mol. The maximum absolute atomic E-state index is 13.6. The molecule has 0 aliphatic carbocycles. The van der Waals surface area contributed by atoms with Gasteiger partial charge < -0.3 is 15.5 Å². The topological polar surface area (TPSA) is 91.4 Å². The number of rotatable bonds is 5. The van der Waals surface area contributed by atoms with Crippen LogP contribution >= 0.6 is 11.6 Å². The molecular formula is C22H25ClN4O3. The summed E-state index contributed by atoms with van der Waals surface area (Å²) in [5, 5.41) is 5.55. The summed E-state index contributed by atoms with van der Waals surface area (Å²) in [5.41, 5.74) is 1.52. The van der Waals surface area contributed by atoms with Crippen LogP contribution in [0.15, 0.2) is 36.5 Å². The van der Waals surface area contributed by atoms with Crippen LogP contribution in [0.3, 0.4) is 0 Å². The molecule has 3 rings (SSSR count). The van der Waals surface area contributed by atoms with E-state index in [1.165, 1.54) is 26.2 Å². The number of likely N-dealkylation sites (tertiary alicyclic amines) is 1. The van der Waals surface area contributed by atoms with E-state index in [0.29, 0.717) is 0 Å². The van der Waals surface area contributed by atoms with Crippen molar-refractivity contribution in [2.75, 3.05) is 25.5 Å². The van der Waals surface area contributed by atoms with Gasteiger partial charge in [-0.2, -0.15) is 0 Å². The van der Waals surface area contributed by atoms with Crippen molar-refractivity contribution >= 4 is 35.0 Å². The molecule has 1 fully saturated rings. The van der Waals surface area contributed by atoms with Crippen LogP contribution in [0, 0.1) is 0 Å². The Morgan fingerprint density at radius 1 is 1.20 bits per heavy atom. The van der Waals surface area contributed by atoms with Crippen molar-refractivity contribution in [2.24, 2.45) is 0 Å². The summed E-state index contributed by atoms with van der Waals surface area (Å²) < 4.78 is 0. The van der Waals surface area contributed by atoms with E-state index in [0.717, 1.165) is 11.1 Å². The van der Waals surface area contributed by atoms with Crippen LogP contribution in [0.4, 0.5) is 5.69 Å². The quantitative estimate of drug-likeness (QED) is 0.716. The number of anilines is 1. The molecule has 0 bridgehead atoms. The first-order valence-electron chi connectivity index (χ1n) is 9.73. The Bertz CT molecular complexity index is 1000. The Kier molecular flexibility index (Phi) is 6.12. The molecule has 0 atom stereocenters. The molecule has 0 radical (unpaired) electrons. The van der Waals surface area contributed by atoms with Gasteiger partial charge in [0.1, 0.15) is 10.6 Å². The molecule has 1 aliphatic heterocycles. The van der Waals surface area contributed by atoms with Crippen molar-refractivity contribution < 1.29 is 14.4 Å². The van der Waals surface area contributed by atoms with Gasteiger partial charge in [-0.1, -0.05) is 49.7 Å². The second-order valence-corrected chi connectivity index (χ2v) is 8.17. The number of hydrogen-bond acceptors (Lipinski definition) is 4. The Balaban J connectivity index is 2.03. The number of benzene rings is 1. The molecular weight excluding hydrogens is 404 g/mol. The Hall–Kier alpha value is -2.93. The van der Waals surface area contributed by atoms with Gasteiger partial charge in [-0.3, -0.25) is 14.4 Å². The molecule has 2 heterocycles. The number of hydrogen-bond donors (Lipinski definition) is 2. The van der Waals surface area contributed by atoms with Crippen LogP contribution < -0.4 is 10.6 Å². The minimum Gasteiger partial charge on any atom is -0.355 e. The third-order valence-electron chi connectivity index (χ3n) is 5.49. The summed E-state index contributed by atoms with van der Waals surface area (Å²) in [6.45, 7) is 6.17. The van der Waals surface area contributed by atoms with Crippen molar-refractivity contribution in [3.8, 4) is 0 Å². The summed E-state index contributed by atoms with van der Waals surface area (Å²) in [5.74, 6) is -0.553. The van der Waals surface area contributed by atoms with Gasteiger partial charge >= 0.3 is 0 Å². The number of carbonyl (C=O) groups is 3. The van der Waals surface area contributed by atoms with Crippen molar-refractivity contribution in [1.82, 2.24) is 15.2 Å². The van der Waals surface area contributed by atoms with Gasteiger partial charge in [0.2, 0.25) is 11.8 Å². The first kappa shape index (κ1) is 21.8. The SMILES string of the molecule is CNC(=O)c1cc(Cl)ncc1NC(=O)C1(c2ccccc2C(C)C)CN(C(C)=O)C1. The molecule has 2 aromatic rings. The maximum Gasteiger partial charge on any atom is 0.253 e. The van der Waals surface area contributed by atoms with Gasteiger partial charge in [-0.25, -0.2) is 4.98 Å². The molecule has 8 heteroatoms. The van der Waals surface area contributed by atoms with Gasteiger partial charge in [0.15, 0.2) is 0 Å². The van der Waals surface area contributed by atoms with Crippen molar-refractivity contribution in [2.45, 2.75) is 32.1 Å². The standard InChI is InChI=1S/C22H25ClN4O3/c1-13(2)15-7-5-6-8-17(15)22(11-27(12-22)14(3)28)21(30)26-18-10-25-19(23)9-16(18)20(29)24-4/h5-10,13H,11-12H2,1-4H3,(H,24,29)(H,26,30). The average Bonchev–Trinajstić information content (AvgIpc) is 2.68. The molecule has 0 spiro atoms. The zero-order valence-electron chi connectivity index (χ0n) is 17.5. The minimum absolute atomic E-state index is 0.0836. The number of aromatic nitrogens is 1. The third-order valence-corrected chi connectivity index (χ3v) is 5.70. The molecule has 0 saturated carbocycles. The second-order valence-electron chi connectivity index (χ2n) is 7.78. The smallest absolute Gasteiger partial charge is 0.253 e. The molecule has 1 saturated heterocycles. The van der Waals surface area contributed by atoms with Gasteiger partial charge in [0.05, 0.1) is 17.4 Å². The number of nitrogens with zero attached hydrogens (tertiary/aromatic N) is 2. The summed E-state index contributed by atoms with van der Waals surface area (Å²) >= 11 is 5.94. The fourth-order valence-electron chi connectivity index (χ4n) is 3.79. The molecule has 1 aromatic heterocycles. The highest BCUT2D eigenvalue weighted by Gasteiger charge is 2.52. The van der Waals surface area contributed by atoms with Crippen LogP contribution in [0.1, 0.15) is 48.2 Å². The molecule has 2 N–H and O–H groups in total. The molecule has 1 aliphatic rings. The number of carbonyl (C=O) groups excluding carboxylic acids is 3. The zero-order valence-corrected chi connectivity index (χ0v) is 18.2. The fourth-order valence-corrected chi connectivity index (χ4v) is 3.95. The summed E-state index contributed by atoms with van der Waals surface area (Å²) in [4.78, 5) is 43.3. The van der Waals surface area contributed by atoms with Gasteiger partial charge in [-0.05, 0) is 23.1 Å². The normalized spacial score (nSPS) is 14.8. The summed E-state index contributed by atoms with van der Waals surface area (Å²) in [6, 6.07) is 9.19. The first-order valence-corrected chi connectivity index (χ1v) is 10.1. The Morgan fingerprint density at radius 2 is 1.87 bits per heavy atom. The van der Waals surface area contributed by atoms with E-state index in [1.54, 1.807) is 4.90 Å². The van der Waals surface area contributed by atoms with E-state index in [1.807, 2.05) is 24.3 Å². The monoisotopic (exact) mass is 428 g/mol. The van der Waals surface area contributed by atoms with E-state index >= 15 is 0 Å². The van der Waals surface area contributed by atoms with E-state index in [-0.39, 0.29) is 53.1 Å². The Morgan fingerprint density at radius 3 is 2.47 bits per heavy atom. The van der Waals surface area contributed by atoms with E-state index in [9.17, 15) is 14.4 Å². The number of halogens is 1. The van der Waals surface area contributed by atoms with Crippen molar-refractivity contribution in [3.05, 3.63) is 58.4 Å². The van der Waals surface area contributed by atoms with Crippen LogP contribution in [-0.2, 0) is 15.0 Å². The predicted molar refractivity (Wildman–Crippen MR) is 116 cm³/mol. The van der Waals surface area contributed by atoms with E-state index in [2.05, 4.69) is 29.5 Å². The molecule has 7 nitrogen and oxygen atoms in total. The highest BCUT2D eigenvalue weighted by molar-refractivity contribution is 6.30. The highest BCUT2D eigenvalue weighted by Crippen LogP contribution is 2.40. The number of amides is 3. The lowest BCUT2D eigenvalue weighted by molar-refractivity contribution is -0.142. The van der Waals surface area contributed by atoms with E-state index in [4.69, 9.17) is 11.6 Å². The molecule has 3 amide bonds. The summed E-state index contributed by atoms with van der Waals surface area (Å²) in [6.07, 6.45) is 1.37. The molecule has 1 aromatic carbocycles. The van der Waals surface area contributed by atoms with Crippen LogP contribution in [0.5, 0.6) is 0 Å². The molecule has 30 heavy (non-hydrogen) atoms. The minimum atomic E-state index is -0.911. The number of nitrogens with one attached hydrogen (secondary N) is 2.